The largest absolute Gasteiger partial charge is 0.310 e. The first-order valence-corrected chi connectivity index (χ1v) is 6.78. The highest BCUT2D eigenvalue weighted by molar-refractivity contribution is 5.30. The Balaban J connectivity index is 1.71. The SMILES string of the molecule is c1ccc(Cc2ccc([C@@H]3CCCN3)cc2)cc1. The van der Waals surface area contributed by atoms with Crippen LogP contribution in [-0.2, 0) is 6.42 Å². The third-order valence-corrected chi connectivity index (χ3v) is 3.69. The standard InChI is InChI=1S/C17H19N/c1-2-5-14(6-3-1)13-15-8-10-16(11-9-15)17-7-4-12-18-17/h1-3,5-6,8-11,17-18H,4,7,12-13H2/t17-/m0/s1. The third kappa shape index (κ3) is 2.62. The maximum atomic E-state index is 3.54. The molecule has 0 aromatic heterocycles. The van der Waals surface area contributed by atoms with Crippen LogP contribution in [0.4, 0.5) is 0 Å². The van der Waals surface area contributed by atoms with Crippen LogP contribution in [0.1, 0.15) is 35.6 Å². The van der Waals surface area contributed by atoms with Gasteiger partial charge in [-0.05, 0) is 42.5 Å². The van der Waals surface area contributed by atoms with Crippen molar-refractivity contribution in [2.24, 2.45) is 0 Å². The summed E-state index contributed by atoms with van der Waals surface area (Å²) < 4.78 is 0. The maximum absolute atomic E-state index is 3.54. The predicted octanol–water partition coefficient (Wildman–Crippen LogP) is 3.70. The summed E-state index contributed by atoms with van der Waals surface area (Å²) in [5, 5.41) is 3.54. The smallest absolute Gasteiger partial charge is 0.0320 e. The van der Waals surface area contributed by atoms with E-state index in [1.807, 2.05) is 0 Å². The summed E-state index contributed by atoms with van der Waals surface area (Å²) in [6.07, 6.45) is 3.60. The highest BCUT2D eigenvalue weighted by Crippen LogP contribution is 2.23. The van der Waals surface area contributed by atoms with E-state index >= 15 is 0 Å². The van der Waals surface area contributed by atoms with E-state index in [1.54, 1.807) is 0 Å². The lowest BCUT2D eigenvalue weighted by molar-refractivity contribution is 0.647. The number of hydrogen-bond acceptors (Lipinski definition) is 1. The molecule has 0 aliphatic carbocycles. The summed E-state index contributed by atoms with van der Waals surface area (Å²) in [6, 6.07) is 20.3. The Morgan fingerprint density at radius 2 is 1.61 bits per heavy atom. The predicted molar refractivity (Wildman–Crippen MR) is 75.7 cm³/mol. The van der Waals surface area contributed by atoms with Crippen molar-refractivity contribution >= 4 is 0 Å². The van der Waals surface area contributed by atoms with Crippen molar-refractivity contribution in [1.29, 1.82) is 0 Å². The fraction of sp³-hybridized carbons (Fsp3) is 0.294. The van der Waals surface area contributed by atoms with Gasteiger partial charge in [-0.1, -0.05) is 54.6 Å². The topological polar surface area (TPSA) is 12.0 Å². The van der Waals surface area contributed by atoms with E-state index in [0.29, 0.717) is 6.04 Å². The lowest BCUT2D eigenvalue weighted by atomic mass is 10.00. The zero-order chi connectivity index (χ0) is 12.2. The minimum atomic E-state index is 0.579. The van der Waals surface area contributed by atoms with E-state index in [4.69, 9.17) is 0 Å². The quantitative estimate of drug-likeness (QED) is 0.858. The zero-order valence-corrected chi connectivity index (χ0v) is 10.6. The van der Waals surface area contributed by atoms with Gasteiger partial charge in [-0.15, -0.1) is 0 Å². The van der Waals surface area contributed by atoms with Gasteiger partial charge < -0.3 is 5.32 Å². The van der Waals surface area contributed by atoms with Gasteiger partial charge in [0.1, 0.15) is 0 Å². The van der Waals surface area contributed by atoms with Gasteiger partial charge in [0.05, 0.1) is 0 Å². The zero-order valence-electron chi connectivity index (χ0n) is 10.6. The van der Waals surface area contributed by atoms with E-state index in [2.05, 4.69) is 59.9 Å². The number of nitrogens with one attached hydrogen (secondary N) is 1. The van der Waals surface area contributed by atoms with E-state index in [0.717, 1.165) is 13.0 Å². The van der Waals surface area contributed by atoms with Gasteiger partial charge in [0.25, 0.3) is 0 Å². The Bertz CT molecular complexity index is 481. The molecule has 1 heteroatoms. The number of benzene rings is 2. The summed E-state index contributed by atoms with van der Waals surface area (Å²) in [7, 11) is 0. The first kappa shape index (κ1) is 11.5. The Morgan fingerprint density at radius 1 is 0.889 bits per heavy atom. The monoisotopic (exact) mass is 237 g/mol. The van der Waals surface area contributed by atoms with Crippen molar-refractivity contribution in [3.63, 3.8) is 0 Å². The normalized spacial score (nSPS) is 19.0. The van der Waals surface area contributed by atoms with Crippen LogP contribution in [0.2, 0.25) is 0 Å². The molecule has 18 heavy (non-hydrogen) atoms. The first-order chi connectivity index (χ1) is 8.92. The van der Waals surface area contributed by atoms with Crippen LogP contribution in [0.25, 0.3) is 0 Å². The van der Waals surface area contributed by atoms with Crippen LogP contribution in [0.5, 0.6) is 0 Å². The molecule has 1 nitrogen and oxygen atoms in total. The van der Waals surface area contributed by atoms with Crippen molar-refractivity contribution in [2.75, 3.05) is 6.54 Å². The Morgan fingerprint density at radius 3 is 2.28 bits per heavy atom. The molecule has 1 fully saturated rings. The lowest BCUT2D eigenvalue weighted by Crippen LogP contribution is -2.12. The lowest BCUT2D eigenvalue weighted by Gasteiger charge is -2.11. The second-order valence-electron chi connectivity index (χ2n) is 5.05. The summed E-state index contributed by atoms with van der Waals surface area (Å²) >= 11 is 0. The summed E-state index contributed by atoms with van der Waals surface area (Å²) in [6.45, 7) is 1.16. The van der Waals surface area contributed by atoms with E-state index in [-0.39, 0.29) is 0 Å². The Kier molecular flexibility index (Phi) is 3.42. The van der Waals surface area contributed by atoms with E-state index in [9.17, 15) is 0 Å². The molecule has 0 bridgehead atoms. The minimum absolute atomic E-state index is 0.579. The molecule has 1 N–H and O–H groups in total. The average molecular weight is 237 g/mol. The maximum Gasteiger partial charge on any atom is 0.0320 e. The van der Waals surface area contributed by atoms with Gasteiger partial charge >= 0.3 is 0 Å². The highest BCUT2D eigenvalue weighted by atomic mass is 14.9. The molecule has 1 atom stereocenters. The first-order valence-electron chi connectivity index (χ1n) is 6.78. The van der Waals surface area contributed by atoms with Crippen molar-refractivity contribution in [1.82, 2.24) is 5.32 Å². The number of rotatable bonds is 3. The molecule has 0 saturated carbocycles. The number of hydrogen-bond donors (Lipinski definition) is 1. The van der Waals surface area contributed by atoms with Gasteiger partial charge in [0.15, 0.2) is 0 Å². The third-order valence-electron chi connectivity index (χ3n) is 3.69. The van der Waals surface area contributed by atoms with Gasteiger partial charge in [-0.2, -0.15) is 0 Å². The highest BCUT2D eigenvalue weighted by Gasteiger charge is 2.15. The summed E-state index contributed by atoms with van der Waals surface area (Å²) in [4.78, 5) is 0. The molecule has 0 spiro atoms. The van der Waals surface area contributed by atoms with Gasteiger partial charge in [0, 0.05) is 6.04 Å². The average Bonchev–Trinajstić information content (AvgIpc) is 2.95. The molecule has 1 aliphatic heterocycles. The van der Waals surface area contributed by atoms with Crippen molar-refractivity contribution in [3.8, 4) is 0 Å². The molecule has 0 amide bonds. The summed E-state index contributed by atoms with van der Waals surface area (Å²) in [5.74, 6) is 0. The van der Waals surface area contributed by atoms with Gasteiger partial charge in [-0.3, -0.25) is 0 Å². The molecular weight excluding hydrogens is 218 g/mol. The molecular formula is C17H19N. The van der Waals surface area contributed by atoms with Crippen LogP contribution >= 0.6 is 0 Å². The van der Waals surface area contributed by atoms with Crippen LogP contribution in [0.3, 0.4) is 0 Å². The molecule has 0 radical (unpaired) electrons. The van der Waals surface area contributed by atoms with E-state index < -0.39 is 0 Å². The molecule has 3 rings (SSSR count). The van der Waals surface area contributed by atoms with Crippen molar-refractivity contribution in [2.45, 2.75) is 25.3 Å². The second-order valence-corrected chi connectivity index (χ2v) is 5.05. The molecule has 2 aromatic carbocycles. The van der Waals surface area contributed by atoms with Gasteiger partial charge in [0.2, 0.25) is 0 Å². The van der Waals surface area contributed by atoms with Crippen LogP contribution in [0.15, 0.2) is 54.6 Å². The van der Waals surface area contributed by atoms with Crippen molar-refractivity contribution in [3.05, 3.63) is 71.3 Å². The molecule has 0 unspecified atom stereocenters. The Hall–Kier alpha value is -1.60. The Labute approximate surface area is 109 Å². The molecule has 1 saturated heterocycles. The molecule has 1 aliphatic rings. The van der Waals surface area contributed by atoms with E-state index in [1.165, 1.54) is 29.5 Å². The second kappa shape index (κ2) is 5.36. The van der Waals surface area contributed by atoms with Crippen LogP contribution in [0, 0.1) is 0 Å². The van der Waals surface area contributed by atoms with Crippen molar-refractivity contribution < 1.29 is 0 Å². The molecule has 1 heterocycles. The molecule has 2 aromatic rings. The van der Waals surface area contributed by atoms with Gasteiger partial charge in [-0.25, -0.2) is 0 Å². The summed E-state index contributed by atoms with van der Waals surface area (Å²) in [5.41, 5.74) is 4.21. The molecule has 92 valence electrons. The fourth-order valence-corrected chi connectivity index (χ4v) is 2.67. The fourth-order valence-electron chi connectivity index (χ4n) is 2.67. The van der Waals surface area contributed by atoms with Crippen LogP contribution < -0.4 is 5.32 Å². The minimum Gasteiger partial charge on any atom is -0.310 e. The van der Waals surface area contributed by atoms with Crippen LogP contribution in [-0.4, -0.2) is 6.54 Å².